The summed E-state index contributed by atoms with van der Waals surface area (Å²) in [4.78, 5) is 31.7. The maximum atomic E-state index is 12.7. The van der Waals surface area contributed by atoms with Crippen LogP contribution in [0, 0.1) is 0 Å². The van der Waals surface area contributed by atoms with Crippen LogP contribution >= 0.6 is 11.8 Å². The molecule has 0 spiro atoms. The number of carbonyl (C=O) groups excluding carboxylic acids is 1. The zero-order valence-corrected chi connectivity index (χ0v) is 16.0. The molecule has 0 aliphatic carbocycles. The van der Waals surface area contributed by atoms with Crippen molar-refractivity contribution in [1.82, 2.24) is 9.55 Å². The molecule has 0 bridgehead atoms. The van der Waals surface area contributed by atoms with E-state index >= 15 is 0 Å². The Morgan fingerprint density at radius 3 is 2.81 bits per heavy atom. The van der Waals surface area contributed by atoms with E-state index in [0.29, 0.717) is 28.2 Å². The summed E-state index contributed by atoms with van der Waals surface area (Å²) in [5, 5.41) is 1.26. The number of anilines is 1. The zero-order valence-electron chi connectivity index (χ0n) is 15.2. The summed E-state index contributed by atoms with van der Waals surface area (Å²) in [5.41, 5.74) is 2.91. The summed E-state index contributed by atoms with van der Waals surface area (Å²) in [5.74, 6) is 0.719. The first kappa shape index (κ1) is 17.8. The first-order chi connectivity index (χ1) is 13.1. The Labute approximate surface area is 162 Å². The number of para-hydroxylation sites is 2. The minimum atomic E-state index is -0.0561. The van der Waals surface area contributed by atoms with Gasteiger partial charge in [0.15, 0.2) is 5.16 Å². The van der Waals surface area contributed by atoms with Gasteiger partial charge >= 0.3 is 0 Å². The number of thioether (sulfide) groups is 1. The minimum Gasteiger partial charge on any atom is -0.312 e. The van der Waals surface area contributed by atoms with Crippen molar-refractivity contribution in [3.8, 4) is 0 Å². The first-order valence-corrected chi connectivity index (χ1v) is 10.1. The van der Waals surface area contributed by atoms with E-state index in [0.717, 1.165) is 25.1 Å². The lowest BCUT2D eigenvalue weighted by Crippen LogP contribution is -2.35. The quantitative estimate of drug-likeness (QED) is 0.515. The molecule has 0 saturated heterocycles. The predicted molar refractivity (Wildman–Crippen MR) is 109 cm³/mol. The Balaban J connectivity index is 1.46. The summed E-state index contributed by atoms with van der Waals surface area (Å²) in [7, 11) is 1.73. The number of fused-ring (bicyclic) bond motifs is 2. The maximum absolute atomic E-state index is 12.7. The molecule has 4 rings (SSSR count). The lowest BCUT2D eigenvalue weighted by molar-refractivity contribution is -0.118. The highest BCUT2D eigenvalue weighted by Crippen LogP contribution is 2.27. The Bertz CT molecular complexity index is 1060. The van der Waals surface area contributed by atoms with E-state index in [1.54, 1.807) is 17.7 Å². The molecular weight excluding hydrogens is 358 g/mol. The lowest BCUT2D eigenvalue weighted by Gasteiger charge is -2.29. The van der Waals surface area contributed by atoms with Crippen molar-refractivity contribution in [2.24, 2.45) is 7.05 Å². The standard InChI is InChI=1S/C21H21N3O2S/c1-23-20(26)16-9-3-4-10-17(16)22-21(23)27-14-12-19(25)24-13-6-8-15-7-2-5-11-18(15)24/h2-5,7,9-11H,6,8,12-14H2,1H3. The van der Waals surface area contributed by atoms with Gasteiger partial charge in [-0.1, -0.05) is 42.1 Å². The molecule has 0 unspecified atom stereocenters. The lowest BCUT2D eigenvalue weighted by atomic mass is 10.0. The number of carbonyl (C=O) groups is 1. The van der Waals surface area contributed by atoms with Gasteiger partial charge in [0.05, 0.1) is 10.9 Å². The van der Waals surface area contributed by atoms with Crippen LogP contribution in [0.5, 0.6) is 0 Å². The van der Waals surface area contributed by atoms with E-state index in [2.05, 4.69) is 11.1 Å². The molecule has 6 heteroatoms. The van der Waals surface area contributed by atoms with Crippen molar-refractivity contribution in [1.29, 1.82) is 0 Å². The van der Waals surface area contributed by atoms with Gasteiger partial charge in [-0.2, -0.15) is 0 Å². The van der Waals surface area contributed by atoms with Crippen LogP contribution in [0.1, 0.15) is 18.4 Å². The smallest absolute Gasteiger partial charge is 0.261 e. The molecule has 138 valence electrons. The molecule has 1 aliphatic heterocycles. The van der Waals surface area contributed by atoms with Crippen molar-refractivity contribution in [2.45, 2.75) is 24.4 Å². The number of aryl methyl sites for hydroxylation is 1. The van der Waals surface area contributed by atoms with Gasteiger partial charge in [-0.05, 0) is 36.6 Å². The van der Waals surface area contributed by atoms with Gasteiger partial charge in [-0.15, -0.1) is 0 Å². The number of rotatable bonds is 4. The highest BCUT2D eigenvalue weighted by Gasteiger charge is 2.21. The van der Waals surface area contributed by atoms with Crippen LogP contribution in [0.3, 0.4) is 0 Å². The molecule has 0 saturated carbocycles. The Kier molecular flexibility index (Phi) is 4.99. The predicted octanol–water partition coefficient (Wildman–Crippen LogP) is 3.40. The average molecular weight is 379 g/mol. The average Bonchev–Trinajstić information content (AvgIpc) is 2.71. The molecule has 0 fully saturated rings. The number of hydrogen-bond donors (Lipinski definition) is 0. The van der Waals surface area contributed by atoms with Crippen LogP contribution in [0.15, 0.2) is 58.5 Å². The molecule has 27 heavy (non-hydrogen) atoms. The topological polar surface area (TPSA) is 55.2 Å². The molecular formula is C21H21N3O2S. The fraction of sp³-hybridized carbons (Fsp3) is 0.286. The van der Waals surface area contributed by atoms with Gasteiger partial charge in [0, 0.05) is 31.5 Å². The van der Waals surface area contributed by atoms with Crippen molar-refractivity contribution in [2.75, 3.05) is 17.2 Å². The van der Waals surface area contributed by atoms with Crippen LogP contribution in [0.2, 0.25) is 0 Å². The Morgan fingerprint density at radius 1 is 1.15 bits per heavy atom. The van der Waals surface area contributed by atoms with E-state index in [-0.39, 0.29) is 11.5 Å². The van der Waals surface area contributed by atoms with Crippen LogP contribution in [0.25, 0.3) is 10.9 Å². The van der Waals surface area contributed by atoms with Crippen LogP contribution in [-0.2, 0) is 18.3 Å². The van der Waals surface area contributed by atoms with Gasteiger partial charge in [-0.25, -0.2) is 4.98 Å². The molecule has 0 atom stereocenters. The second-order valence-electron chi connectivity index (χ2n) is 6.65. The van der Waals surface area contributed by atoms with Crippen molar-refractivity contribution < 1.29 is 4.79 Å². The summed E-state index contributed by atoms with van der Waals surface area (Å²) in [6.45, 7) is 0.771. The fourth-order valence-corrected chi connectivity index (χ4v) is 4.38. The molecule has 1 aromatic heterocycles. The van der Waals surface area contributed by atoms with Crippen molar-refractivity contribution >= 4 is 34.3 Å². The summed E-state index contributed by atoms with van der Waals surface area (Å²) >= 11 is 1.45. The Morgan fingerprint density at radius 2 is 1.93 bits per heavy atom. The zero-order chi connectivity index (χ0) is 18.8. The van der Waals surface area contributed by atoms with Crippen molar-refractivity contribution in [3.05, 3.63) is 64.4 Å². The second kappa shape index (κ2) is 7.56. The van der Waals surface area contributed by atoms with E-state index in [1.807, 2.05) is 41.3 Å². The van der Waals surface area contributed by atoms with Crippen LogP contribution in [0.4, 0.5) is 5.69 Å². The maximum Gasteiger partial charge on any atom is 0.261 e. The molecule has 2 aromatic carbocycles. The third kappa shape index (κ3) is 3.49. The third-order valence-electron chi connectivity index (χ3n) is 4.90. The SMILES string of the molecule is Cn1c(SCCC(=O)N2CCCc3ccccc32)nc2ccccc2c1=O. The number of amides is 1. The molecule has 2 heterocycles. The number of benzene rings is 2. The van der Waals surface area contributed by atoms with Gasteiger partial charge in [-0.3, -0.25) is 14.2 Å². The van der Waals surface area contributed by atoms with E-state index in [1.165, 1.54) is 17.3 Å². The Hall–Kier alpha value is -2.60. The second-order valence-corrected chi connectivity index (χ2v) is 7.71. The molecule has 1 aliphatic rings. The third-order valence-corrected chi connectivity index (χ3v) is 5.93. The van der Waals surface area contributed by atoms with Crippen molar-refractivity contribution in [3.63, 3.8) is 0 Å². The molecule has 5 nitrogen and oxygen atoms in total. The van der Waals surface area contributed by atoms with E-state index < -0.39 is 0 Å². The van der Waals surface area contributed by atoms with Gasteiger partial charge < -0.3 is 4.90 Å². The van der Waals surface area contributed by atoms with Crippen LogP contribution < -0.4 is 10.5 Å². The summed E-state index contributed by atoms with van der Waals surface area (Å²) in [6.07, 6.45) is 2.44. The number of aromatic nitrogens is 2. The van der Waals surface area contributed by atoms with Crippen LogP contribution in [-0.4, -0.2) is 27.8 Å². The summed E-state index contributed by atoms with van der Waals surface area (Å²) < 4.78 is 1.56. The normalized spacial score (nSPS) is 13.6. The van der Waals surface area contributed by atoms with E-state index in [9.17, 15) is 9.59 Å². The molecule has 0 N–H and O–H groups in total. The van der Waals surface area contributed by atoms with E-state index in [4.69, 9.17) is 0 Å². The minimum absolute atomic E-state index is 0.0561. The molecule has 0 radical (unpaired) electrons. The molecule has 1 amide bonds. The van der Waals surface area contributed by atoms with Gasteiger partial charge in [0.25, 0.3) is 5.56 Å². The van der Waals surface area contributed by atoms with Gasteiger partial charge in [0.1, 0.15) is 0 Å². The largest absolute Gasteiger partial charge is 0.312 e. The monoisotopic (exact) mass is 379 g/mol. The number of nitrogens with zero attached hydrogens (tertiary/aromatic N) is 3. The first-order valence-electron chi connectivity index (χ1n) is 9.12. The highest BCUT2D eigenvalue weighted by atomic mass is 32.2. The molecule has 3 aromatic rings. The number of hydrogen-bond acceptors (Lipinski definition) is 4. The van der Waals surface area contributed by atoms with Gasteiger partial charge in [0.2, 0.25) is 5.91 Å². The fourth-order valence-electron chi connectivity index (χ4n) is 3.48. The summed E-state index contributed by atoms with van der Waals surface area (Å²) in [6, 6.07) is 15.5. The highest BCUT2D eigenvalue weighted by molar-refractivity contribution is 7.99.